The van der Waals surface area contributed by atoms with Gasteiger partial charge in [-0.3, -0.25) is 4.99 Å². The molecule has 3 aliphatic rings. The smallest absolute Gasteiger partial charge is 0.157 e. The summed E-state index contributed by atoms with van der Waals surface area (Å²) >= 11 is 1.97. The van der Waals surface area contributed by atoms with E-state index in [1.807, 2.05) is 11.8 Å². The standard InChI is InChI=1S/C15H27N3S/c1-12-10-13(6-9-18(12)2)16-14-17-15(11-19-14)7-4-3-5-8-15/h12-13H,3-11H2,1-2H3,(H,16,17). The normalized spacial score (nSPS) is 37.7. The van der Waals surface area contributed by atoms with Gasteiger partial charge in [0.05, 0.1) is 6.04 Å². The molecular weight excluding hydrogens is 254 g/mol. The number of nitrogens with zero attached hydrogens (tertiary/aromatic N) is 2. The van der Waals surface area contributed by atoms with Crippen LogP contribution in [0.4, 0.5) is 0 Å². The van der Waals surface area contributed by atoms with Gasteiger partial charge in [0.15, 0.2) is 5.17 Å². The fraction of sp³-hybridized carbons (Fsp3) is 0.933. The van der Waals surface area contributed by atoms with Gasteiger partial charge in [0.1, 0.15) is 0 Å². The van der Waals surface area contributed by atoms with Crippen LogP contribution >= 0.6 is 11.8 Å². The summed E-state index contributed by atoms with van der Waals surface area (Å²) < 4.78 is 0. The number of piperidine rings is 1. The molecule has 2 aliphatic heterocycles. The molecule has 3 nitrogen and oxygen atoms in total. The summed E-state index contributed by atoms with van der Waals surface area (Å²) in [7, 11) is 2.23. The van der Waals surface area contributed by atoms with E-state index in [4.69, 9.17) is 4.99 Å². The Balaban J connectivity index is 1.59. The highest BCUT2D eigenvalue weighted by Crippen LogP contribution is 2.36. The summed E-state index contributed by atoms with van der Waals surface area (Å²) in [5, 5.41) is 5.02. The van der Waals surface area contributed by atoms with E-state index >= 15 is 0 Å². The van der Waals surface area contributed by atoms with E-state index in [1.54, 1.807) is 0 Å². The molecule has 1 aliphatic carbocycles. The monoisotopic (exact) mass is 281 g/mol. The third-order valence-corrected chi connectivity index (χ3v) is 6.33. The molecule has 0 bridgehead atoms. The predicted molar refractivity (Wildman–Crippen MR) is 84.0 cm³/mol. The molecule has 108 valence electrons. The second-order valence-electron chi connectivity index (χ2n) is 6.70. The summed E-state index contributed by atoms with van der Waals surface area (Å²) in [6.45, 7) is 3.52. The van der Waals surface area contributed by atoms with Crippen LogP contribution in [-0.4, -0.2) is 47.0 Å². The summed E-state index contributed by atoms with van der Waals surface area (Å²) in [6.07, 6.45) is 9.35. The summed E-state index contributed by atoms with van der Waals surface area (Å²) in [5.74, 6) is 1.24. The highest BCUT2D eigenvalue weighted by atomic mass is 32.2. The minimum atomic E-state index is 0.402. The van der Waals surface area contributed by atoms with E-state index < -0.39 is 0 Å². The van der Waals surface area contributed by atoms with Gasteiger partial charge in [0, 0.05) is 23.9 Å². The fourth-order valence-electron chi connectivity index (χ4n) is 3.62. The van der Waals surface area contributed by atoms with E-state index in [2.05, 4.69) is 24.2 Å². The zero-order valence-corrected chi connectivity index (χ0v) is 13.1. The zero-order valence-electron chi connectivity index (χ0n) is 12.3. The van der Waals surface area contributed by atoms with Crippen molar-refractivity contribution >= 4 is 16.9 Å². The average Bonchev–Trinajstić information content (AvgIpc) is 2.78. The van der Waals surface area contributed by atoms with Crippen LogP contribution in [0.3, 0.4) is 0 Å². The van der Waals surface area contributed by atoms with Crippen molar-refractivity contribution in [3.63, 3.8) is 0 Å². The largest absolute Gasteiger partial charge is 0.359 e. The number of nitrogens with one attached hydrogen (secondary N) is 1. The minimum Gasteiger partial charge on any atom is -0.359 e. The lowest BCUT2D eigenvalue weighted by Crippen LogP contribution is -2.45. The molecule has 0 aromatic rings. The molecular formula is C15H27N3S. The lowest BCUT2D eigenvalue weighted by atomic mass is 9.83. The summed E-state index contributed by atoms with van der Waals surface area (Å²) in [6, 6.07) is 1.22. The van der Waals surface area contributed by atoms with Crippen molar-refractivity contribution in [3.05, 3.63) is 0 Å². The van der Waals surface area contributed by atoms with E-state index in [-0.39, 0.29) is 0 Å². The quantitative estimate of drug-likeness (QED) is 0.801. The molecule has 4 heteroatoms. The number of rotatable bonds is 1. The highest BCUT2D eigenvalue weighted by Gasteiger charge is 2.38. The van der Waals surface area contributed by atoms with Gasteiger partial charge < -0.3 is 10.2 Å². The van der Waals surface area contributed by atoms with Crippen molar-refractivity contribution in [2.45, 2.75) is 69.5 Å². The Morgan fingerprint density at radius 1 is 1.32 bits per heavy atom. The number of hydrogen-bond acceptors (Lipinski definition) is 3. The molecule has 3 fully saturated rings. The SMILES string of the molecule is CC1CC(N=C2NC3(CCCCC3)CS2)CCN1C. The molecule has 1 spiro atoms. The van der Waals surface area contributed by atoms with Gasteiger partial charge in [0.25, 0.3) is 0 Å². The Bertz CT molecular complexity index is 349. The summed E-state index contributed by atoms with van der Waals surface area (Å²) in [5.41, 5.74) is 0.402. The second-order valence-corrected chi connectivity index (χ2v) is 7.66. The maximum Gasteiger partial charge on any atom is 0.157 e. The summed E-state index contributed by atoms with van der Waals surface area (Å²) in [4.78, 5) is 7.46. The maximum atomic E-state index is 5.01. The van der Waals surface area contributed by atoms with E-state index in [9.17, 15) is 0 Å². The zero-order chi connectivity index (χ0) is 13.3. The van der Waals surface area contributed by atoms with Crippen LogP contribution in [0.2, 0.25) is 0 Å². The lowest BCUT2D eigenvalue weighted by Gasteiger charge is -2.34. The van der Waals surface area contributed by atoms with Crippen molar-refractivity contribution in [3.8, 4) is 0 Å². The van der Waals surface area contributed by atoms with E-state index in [0.29, 0.717) is 17.6 Å². The Kier molecular flexibility index (Phi) is 4.08. The molecule has 2 heterocycles. The van der Waals surface area contributed by atoms with Gasteiger partial charge >= 0.3 is 0 Å². The Labute approximate surface area is 121 Å². The number of likely N-dealkylation sites (tertiary alicyclic amines) is 1. The first-order valence-corrected chi connectivity index (χ1v) is 8.84. The third-order valence-electron chi connectivity index (χ3n) is 5.15. The molecule has 0 aromatic heterocycles. The van der Waals surface area contributed by atoms with E-state index in [1.165, 1.54) is 62.4 Å². The van der Waals surface area contributed by atoms with Crippen molar-refractivity contribution in [1.82, 2.24) is 10.2 Å². The predicted octanol–water partition coefficient (Wildman–Crippen LogP) is 2.86. The Hall–Kier alpha value is -0.220. The van der Waals surface area contributed by atoms with Crippen LogP contribution in [0.1, 0.15) is 51.9 Å². The van der Waals surface area contributed by atoms with Crippen molar-refractivity contribution in [2.24, 2.45) is 4.99 Å². The molecule has 0 aromatic carbocycles. The first-order chi connectivity index (χ1) is 9.17. The number of amidine groups is 1. The first-order valence-electron chi connectivity index (χ1n) is 7.86. The molecule has 1 N–H and O–H groups in total. The molecule has 0 radical (unpaired) electrons. The van der Waals surface area contributed by atoms with Gasteiger partial charge in [-0.05, 0) is 39.7 Å². The Morgan fingerprint density at radius 3 is 2.84 bits per heavy atom. The van der Waals surface area contributed by atoms with Crippen molar-refractivity contribution in [2.75, 3.05) is 19.3 Å². The van der Waals surface area contributed by atoms with Gasteiger partial charge in [0.2, 0.25) is 0 Å². The molecule has 3 rings (SSSR count). The molecule has 0 amide bonds. The van der Waals surface area contributed by atoms with Crippen LogP contribution in [0.25, 0.3) is 0 Å². The number of aliphatic imine (C=N–C) groups is 1. The maximum absolute atomic E-state index is 5.01. The number of hydrogen-bond donors (Lipinski definition) is 1. The second kappa shape index (κ2) is 5.65. The first kappa shape index (κ1) is 13.7. The van der Waals surface area contributed by atoms with Crippen LogP contribution < -0.4 is 5.32 Å². The van der Waals surface area contributed by atoms with Crippen molar-refractivity contribution in [1.29, 1.82) is 0 Å². The average molecular weight is 281 g/mol. The molecule has 1 saturated carbocycles. The fourth-order valence-corrected chi connectivity index (χ4v) is 4.91. The molecule has 2 unspecified atom stereocenters. The topological polar surface area (TPSA) is 27.6 Å². The molecule has 2 saturated heterocycles. The molecule has 2 atom stereocenters. The Morgan fingerprint density at radius 2 is 2.11 bits per heavy atom. The van der Waals surface area contributed by atoms with Crippen LogP contribution in [-0.2, 0) is 0 Å². The van der Waals surface area contributed by atoms with E-state index in [0.717, 1.165) is 0 Å². The van der Waals surface area contributed by atoms with Crippen molar-refractivity contribution < 1.29 is 0 Å². The molecule has 19 heavy (non-hydrogen) atoms. The number of thioether (sulfide) groups is 1. The van der Waals surface area contributed by atoms with Gasteiger partial charge in [-0.1, -0.05) is 31.0 Å². The van der Waals surface area contributed by atoms with Gasteiger partial charge in [-0.25, -0.2) is 0 Å². The van der Waals surface area contributed by atoms with Crippen LogP contribution in [0, 0.1) is 0 Å². The van der Waals surface area contributed by atoms with Crippen LogP contribution in [0.5, 0.6) is 0 Å². The lowest BCUT2D eigenvalue weighted by molar-refractivity contribution is 0.184. The van der Waals surface area contributed by atoms with Gasteiger partial charge in [-0.2, -0.15) is 0 Å². The van der Waals surface area contributed by atoms with Crippen LogP contribution in [0.15, 0.2) is 4.99 Å². The highest BCUT2D eigenvalue weighted by molar-refractivity contribution is 8.14. The van der Waals surface area contributed by atoms with Gasteiger partial charge in [-0.15, -0.1) is 0 Å². The third kappa shape index (κ3) is 3.10. The minimum absolute atomic E-state index is 0.402.